The molecule has 0 unspecified atom stereocenters. The first-order chi connectivity index (χ1) is 17.8. The summed E-state index contributed by atoms with van der Waals surface area (Å²) in [7, 11) is 3.51. The lowest BCUT2D eigenvalue weighted by molar-refractivity contribution is -0.132. The number of pyridine rings is 2. The summed E-state index contributed by atoms with van der Waals surface area (Å²) in [5.74, 6) is 0.194. The van der Waals surface area contributed by atoms with Crippen LogP contribution in [0.2, 0.25) is 0 Å². The van der Waals surface area contributed by atoms with Crippen LogP contribution in [0.5, 0.6) is 0 Å². The van der Waals surface area contributed by atoms with Crippen LogP contribution >= 0.6 is 0 Å². The highest BCUT2D eigenvalue weighted by molar-refractivity contribution is 6.02. The van der Waals surface area contributed by atoms with Crippen molar-refractivity contribution >= 4 is 28.7 Å². The van der Waals surface area contributed by atoms with Crippen molar-refractivity contribution in [3.8, 4) is 0 Å². The van der Waals surface area contributed by atoms with E-state index in [4.69, 9.17) is 0 Å². The first-order valence-electron chi connectivity index (χ1n) is 12.5. The van der Waals surface area contributed by atoms with E-state index >= 15 is 0 Å². The smallest absolute Gasteiger partial charge is 0.328 e. The van der Waals surface area contributed by atoms with E-state index in [1.165, 1.54) is 0 Å². The summed E-state index contributed by atoms with van der Waals surface area (Å²) in [5, 5.41) is 2.78. The lowest BCUT2D eigenvalue weighted by atomic mass is 10.1. The van der Waals surface area contributed by atoms with Crippen LogP contribution in [-0.4, -0.2) is 42.4 Å². The Labute approximate surface area is 214 Å². The van der Waals surface area contributed by atoms with Crippen molar-refractivity contribution in [3.63, 3.8) is 0 Å². The third-order valence-electron chi connectivity index (χ3n) is 7.03. The molecular formula is C28H30N6O3. The Bertz CT molecular complexity index is 1540. The van der Waals surface area contributed by atoms with Gasteiger partial charge in [-0.15, -0.1) is 0 Å². The van der Waals surface area contributed by atoms with Crippen LogP contribution in [0.3, 0.4) is 0 Å². The van der Waals surface area contributed by atoms with Gasteiger partial charge in [-0.25, -0.2) is 14.8 Å². The summed E-state index contributed by atoms with van der Waals surface area (Å²) in [6.45, 7) is 2.60. The third kappa shape index (κ3) is 4.89. The van der Waals surface area contributed by atoms with Gasteiger partial charge in [-0.3, -0.25) is 18.7 Å². The molecule has 0 bridgehead atoms. The van der Waals surface area contributed by atoms with Crippen LogP contribution in [-0.2, 0) is 25.3 Å². The SMILES string of the molecule is Cc1ccc(NC(=O)c2cccc([C@H]3CCCN3C(=O)CCc3ccc4c(c3)n(C)c(=O)n4C)n2)nc1. The highest BCUT2D eigenvalue weighted by atomic mass is 16.2. The molecule has 0 saturated carbocycles. The van der Waals surface area contributed by atoms with Gasteiger partial charge in [0.05, 0.1) is 22.8 Å². The molecule has 5 rings (SSSR count). The number of anilines is 1. The zero-order valence-corrected chi connectivity index (χ0v) is 21.3. The molecule has 1 aromatic carbocycles. The molecule has 3 aromatic heterocycles. The highest BCUT2D eigenvalue weighted by Crippen LogP contribution is 2.32. The van der Waals surface area contributed by atoms with Crippen molar-refractivity contribution in [2.45, 2.75) is 38.6 Å². The Morgan fingerprint density at radius 2 is 1.86 bits per heavy atom. The van der Waals surface area contributed by atoms with E-state index in [0.717, 1.165) is 40.7 Å². The van der Waals surface area contributed by atoms with Gasteiger partial charge in [0.1, 0.15) is 11.5 Å². The maximum absolute atomic E-state index is 13.2. The maximum Gasteiger partial charge on any atom is 0.328 e. The van der Waals surface area contributed by atoms with Crippen molar-refractivity contribution in [3.05, 3.63) is 87.7 Å². The number of fused-ring (bicyclic) bond motifs is 1. The van der Waals surface area contributed by atoms with Crippen molar-refractivity contribution in [2.24, 2.45) is 14.1 Å². The summed E-state index contributed by atoms with van der Waals surface area (Å²) in [4.78, 5) is 48.9. The van der Waals surface area contributed by atoms with Gasteiger partial charge in [0.15, 0.2) is 0 Å². The van der Waals surface area contributed by atoms with E-state index in [0.29, 0.717) is 30.9 Å². The third-order valence-corrected chi connectivity index (χ3v) is 7.03. The molecule has 4 heterocycles. The van der Waals surface area contributed by atoms with E-state index < -0.39 is 0 Å². The summed E-state index contributed by atoms with van der Waals surface area (Å²) >= 11 is 0. The molecule has 0 aliphatic carbocycles. The van der Waals surface area contributed by atoms with Gasteiger partial charge in [-0.2, -0.15) is 0 Å². The zero-order valence-electron chi connectivity index (χ0n) is 21.3. The van der Waals surface area contributed by atoms with E-state index in [9.17, 15) is 14.4 Å². The van der Waals surface area contributed by atoms with Gasteiger partial charge in [-0.1, -0.05) is 18.2 Å². The number of carbonyl (C=O) groups excluding carboxylic acids is 2. The average molecular weight is 499 g/mol. The summed E-state index contributed by atoms with van der Waals surface area (Å²) in [5.41, 5.74) is 4.69. The number of rotatable bonds is 6. The second-order valence-corrected chi connectivity index (χ2v) is 9.59. The van der Waals surface area contributed by atoms with Crippen LogP contribution in [0.1, 0.15) is 52.6 Å². The number of imidazole rings is 1. The van der Waals surface area contributed by atoms with Gasteiger partial charge in [0.2, 0.25) is 5.91 Å². The van der Waals surface area contributed by atoms with Crippen LogP contribution in [0, 0.1) is 6.92 Å². The number of hydrogen-bond donors (Lipinski definition) is 1. The lowest BCUT2D eigenvalue weighted by Gasteiger charge is -2.24. The zero-order chi connectivity index (χ0) is 26.1. The number of aryl methyl sites for hydroxylation is 4. The summed E-state index contributed by atoms with van der Waals surface area (Å²) < 4.78 is 3.25. The van der Waals surface area contributed by atoms with Gasteiger partial charge in [0.25, 0.3) is 5.91 Å². The highest BCUT2D eigenvalue weighted by Gasteiger charge is 2.31. The molecule has 1 saturated heterocycles. The van der Waals surface area contributed by atoms with Gasteiger partial charge in [-0.05, 0) is 67.6 Å². The van der Waals surface area contributed by atoms with Crippen LogP contribution in [0.15, 0.2) is 59.5 Å². The van der Waals surface area contributed by atoms with Crippen molar-refractivity contribution in [1.82, 2.24) is 24.0 Å². The fourth-order valence-electron chi connectivity index (χ4n) is 4.96. The minimum Gasteiger partial charge on any atom is -0.334 e. The molecule has 1 atom stereocenters. The fraction of sp³-hybridized carbons (Fsp3) is 0.321. The van der Waals surface area contributed by atoms with Crippen molar-refractivity contribution in [1.29, 1.82) is 0 Å². The second kappa shape index (κ2) is 10.0. The Kier molecular flexibility index (Phi) is 6.60. The maximum atomic E-state index is 13.2. The predicted octanol–water partition coefficient (Wildman–Crippen LogP) is 3.52. The topological polar surface area (TPSA) is 102 Å². The van der Waals surface area contributed by atoms with Crippen LogP contribution < -0.4 is 11.0 Å². The molecule has 2 amide bonds. The first kappa shape index (κ1) is 24.4. The fourth-order valence-corrected chi connectivity index (χ4v) is 4.96. The molecule has 37 heavy (non-hydrogen) atoms. The number of benzene rings is 1. The summed E-state index contributed by atoms with van der Waals surface area (Å²) in [6.07, 6.45) is 4.34. The van der Waals surface area contributed by atoms with Gasteiger partial charge in [0, 0.05) is 33.3 Å². The number of nitrogens with one attached hydrogen (secondary N) is 1. The monoisotopic (exact) mass is 498 g/mol. The largest absolute Gasteiger partial charge is 0.334 e. The number of nitrogens with zero attached hydrogens (tertiary/aromatic N) is 5. The first-order valence-corrected chi connectivity index (χ1v) is 12.5. The minimum atomic E-state index is -0.334. The molecule has 0 spiro atoms. The number of amides is 2. The van der Waals surface area contributed by atoms with Gasteiger partial charge >= 0.3 is 5.69 Å². The molecular weight excluding hydrogens is 468 g/mol. The Hall–Kier alpha value is -4.27. The molecule has 0 radical (unpaired) electrons. The van der Waals surface area contributed by atoms with Gasteiger partial charge < -0.3 is 10.2 Å². The molecule has 1 N–H and O–H groups in total. The van der Waals surface area contributed by atoms with E-state index in [2.05, 4.69) is 15.3 Å². The van der Waals surface area contributed by atoms with E-state index in [-0.39, 0.29) is 23.5 Å². The molecule has 1 fully saturated rings. The standard InChI is InChI=1S/C28H30N6O3/c1-18-9-13-25(29-17-18)31-27(36)21-7-4-6-20(30-21)22-8-5-15-34(22)26(35)14-11-19-10-12-23-24(16-19)33(3)28(37)32(23)2/h4,6-7,9-10,12-13,16-17,22H,5,8,11,14-15H2,1-3H3,(H,29,31,36)/t22-/m1/s1. The molecule has 9 heteroatoms. The average Bonchev–Trinajstić information content (AvgIpc) is 3.49. The predicted molar refractivity (Wildman–Crippen MR) is 141 cm³/mol. The van der Waals surface area contributed by atoms with E-state index in [1.807, 2.05) is 42.2 Å². The van der Waals surface area contributed by atoms with Crippen molar-refractivity contribution < 1.29 is 9.59 Å². The number of likely N-dealkylation sites (tertiary alicyclic amines) is 1. The molecule has 9 nitrogen and oxygen atoms in total. The molecule has 190 valence electrons. The Balaban J connectivity index is 1.27. The lowest BCUT2D eigenvalue weighted by Crippen LogP contribution is -2.31. The molecule has 4 aromatic rings. The Morgan fingerprint density at radius 1 is 1.05 bits per heavy atom. The second-order valence-electron chi connectivity index (χ2n) is 9.59. The number of hydrogen-bond acceptors (Lipinski definition) is 5. The Morgan fingerprint density at radius 3 is 2.65 bits per heavy atom. The molecule has 1 aliphatic rings. The van der Waals surface area contributed by atoms with Crippen LogP contribution in [0.4, 0.5) is 5.82 Å². The van der Waals surface area contributed by atoms with Crippen molar-refractivity contribution in [2.75, 3.05) is 11.9 Å². The van der Waals surface area contributed by atoms with E-state index in [1.54, 1.807) is 47.6 Å². The molecule has 1 aliphatic heterocycles. The minimum absolute atomic E-state index is 0.0602. The quantitative estimate of drug-likeness (QED) is 0.438. The normalized spacial score (nSPS) is 15.3. The number of carbonyl (C=O) groups is 2. The number of aromatic nitrogens is 4. The summed E-state index contributed by atoms with van der Waals surface area (Å²) in [6, 6.07) is 14.7. The van der Waals surface area contributed by atoms with Crippen LogP contribution in [0.25, 0.3) is 11.0 Å².